The standard InChI is InChI=1S/C20H22O6/c1-13(23)15-3-5-17(19(11-15)25-9-7-21)18-6-4-16(14(2)24)12-20(18)26-10-8-22/h3-6,11-12,21-22H,7-10H2,1-2H3. The maximum absolute atomic E-state index is 11.7. The lowest BCUT2D eigenvalue weighted by Crippen LogP contribution is -2.06. The molecule has 0 unspecified atom stereocenters. The van der Waals surface area contributed by atoms with E-state index in [9.17, 15) is 9.59 Å². The van der Waals surface area contributed by atoms with Gasteiger partial charge in [0.1, 0.15) is 24.7 Å². The van der Waals surface area contributed by atoms with Crippen molar-refractivity contribution in [2.45, 2.75) is 13.8 Å². The van der Waals surface area contributed by atoms with Gasteiger partial charge in [-0.05, 0) is 38.1 Å². The molecular weight excluding hydrogens is 336 g/mol. The molecule has 2 aromatic rings. The number of aliphatic hydroxyl groups excluding tert-OH is 2. The zero-order valence-corrected chi connectivity index (χ0v) is 14.8. The summed E-state index contributed by atoms with van der Waals surface area (Å²) in [6.07, 6.45) is 0. The summed E-state index contributed by atoms with van der Waals surface area (Å²) in [7, 11) is 0. The third-order valence-electron chi connectivity index (χ3n) is 3.76. The van der Waals surface area contributed by atoms with Gasteiger partial charge in [0.05, 0.1) is 13.2 Å². The number of rotatable bonds is 9. The Bertz CT molecular complexity index is 729. The van der Waals surface area contributed by atoms with Gasteiger partial charge in [0.2, 0.25) is 0 Å². The second kappa shape index (κ2) is 9.12. The molecule has 0 bridgehead atoms. The van der Waals surface area contributed by atoms with Crippen LogP contribution in [0.3, 0.4) is 0 Å². The number of benzene rings is 2. The highest BCUT2D eigenvalue weighted by atomic mass is 16.5. The molecule has 0 aliphatic carbocycles. The maximum Gasteiger partial charge on any atom is 0.159 e. The predicted octanol–water partition coefficient (Wildman–Crippen LogP) is 2.50. The third-order valence-corrected chi connectivity index (χ3v) is 3.76. The van der Waals surface area contributed by atoms with Crippen molar-refractivity contribution in [2.24, 2.45) is 0 Å². The number of Topliss-reactive ketones (excluding diaryl/α,β-unsaturated/α-hetero) is 2. The lowest BCUT2D eigenvalue weighted by atomic mass is 9.98. The van der Waals surface area contributed by atoms with E-state index in [1.54, 1.807) is 36.4 Å². The van der Waals surface area contributed by atoms with Crippen LogP contribution in [0, 0.1) is 0 Å². The molecule has 0 heterocycles. The van der Waals surface area contributed by atoms with Crippen molar-refractivity contribution in [3.63, 3.8) is 0 Å². The first-order valence-electron chi connectivity index (χ1n) is 8.25. The van der Waals surface area contributed by atoms with Crippen molar-refractivity contribution >= 4 is 11.6 Å². The fourth-order valence-electron chi connectivity index (χ4n) is 2.48. The van der Waals surface area contributed by atoms with Gasteiger partial charge in [-0.2, -0.15) is 0 Å². The minimum Gasteiger partial charge on any atom is -0.491 e. The van der Waals surface area contributed by atoms with Crippen molar-refractivity contribution in [3.05, 3.63) is 47.5 Å². The van der Waals surface area contributed by atoms with Gasteiger partial charge in [0.15, 0.2) is 11.6 Å². The van der Waals surface area contributed by atoms with Gasteiger partial charge in [0.25, 0.3) is 0 Å². The smallest absolute Gasteiger partial charge is 0.159 e. The molecule has 0 amide bonds. The summed E-state index contributed by atoms with van der Waals surface area (Å²) >= 11 is 0. The molecule has 0 aliphatic heterocycles. The molecule has 2 rings (SSSR count). The van der Waals surface area contributed by atoms with Gasteiger partial charge in [-0.3, -0.25) is 9.59 Å². The highest BCUT2D eigenvalue weighted by Crippen LogP contribution is 2.38. The van der Waals surface area contributed by atoms with E-state index in [2.05, 4.69) is 0 Å². The number of carbonyl (C=O) groups is 2. The number of aliphatic hydroxyl groups is 2. The Morgan fingerprint density at radius 2 is 1.15 bits per heavy atom. The van der Waals surface area contributed by atoms with Gasteiger partial charge in [-0.25, -0.2) is 0 Å². The van der Waals surface area contributed by atoms with E-state index in [-0.39, 0.29) is 38.0 Å². The highest BCUT2D eigenvalue weighted by Gasteiger charge is 2.16. The molecule has 0 saturated heterocycles. The Balaban J connectivity index is 2.57. The van der Waals surface area contributed by atoms with Crippen molar-refractivity contribution < 1.29 is 29.3 Å². The SMILES string of the molecule is CC(=O)c1ccc(-c2ccc(C(C)=O)cc2OCCO)c(OCCO)c1. The van der Waals surface area contributed by atoms with Gasteiger partial charge >= 0.3 is 0 Å². The van der Waals surface area contributed by atoms with Crippen LogP contribution in [0.4, 0.5) is 0 Å². The second-order valence-corrected chi connectivity index (χ2v) is 5.68. The summed E-state index contributed by atoms with van der Waals surface area (Å²) in [5.74, 6) is 0.649. The molecule has 0 radical (unpaired) electrons. The summed E-state index contributed by atoms with van der Waals surface area (Å²) < 4.78 is 11.2. The maximum atomic E-state index is 11.7. The van der Waals surface area contributed by atoms with Crippen molar-refractivity contribution in [1.82, 2.24) is 0 Å². The largest absolute Gasteiger partial charge is 0.491 e. The van der Waals surface area contributed by atoms with E-state index in [1.807, 2.05) is 0 Å². The topological polar surface area (TPSA) is 93.1 Å². The Hall–Kier alpha value is -2.70. The number of ketones is 2. The number of hydrogen-bond acceptors (Lipinski definition) is 6. The molecule has 2 aromatic carbocycles. The molecule has 0 aliphatic rings. The zero-order valence-electron chi connectivity index (χ0n) is 14.8. The fraction of sp³-hybridized carbons (Fsp3) is 0.300. The molecule has 2 N–H and O–H groups in total. The first kappa shape index (κ1) is 19.6. The molecule has 0 fully saturated rings. The van der Waals surface area contributed by atoms with Gasteiger partial charge in [0, 0.05) is 22.3 Å². The summed E-state index contributed by atoms with van der Waals surface area (Å²) in [5.41, 5.74) is 2.29. The average molecular weight is 358 g/mol. The Kier molecular flexibility index (Phi) is 6.89. The van der Waals surface area contributed by atoms with E-state index in [4.69, 9.17) is 19.7 Å². The van der Waals surface area contributed by atoms with E-state index in [0.29, 0.717) is 33.8 Å². The Labute approximate surface area is 152 Å². The highest BCUT2D eigenvalue weighted by molar-refractivity contribution is 5.97. The number of ether oxygens (including phenoxy) is 2. The molecule has 26 heavy (non-hydrogen) atoms. The lowest BCUT2D eigenvalue weighted by Gasteiger charge is -2.16. The molecule has 0 atom stereocenters. The van der Waals surface area contributed by atoms with E-state index < -0.39 is 0 Å². The van der Waals surface area contributed by atoms with Crippen LogP contribution >= 0.6 is 0 Å². The van der Waals surface area contributed by atoms with Crippen LogP contribution in [0.15, 0.2) is 36.4 Å². The molecule has 6 heteroatoms. The van der Waals surface area contributed by atoms with Crippen molar-refractivity contribution in [1.29, 1.82) is 0 Å². The predicted molar refractivity (Wildman–Crippen MR) is 97.0 cm³/mol. The van der Waals surface area contributed by atoms with Crippen LogP contribution < -0.4 is 9.47 Å². The van der Waals surface area contributed by atoms with E-state index >= 15 is 0 Å². The molecule has 6 nitrogen and oxygen atoms in total. The lowest BCUT2D eigenvalue weighted by molar-refractivity contribution is 0.100. The average Bonchev–Trinajstić information content (AvgIpc) is 2.64. The Morgan fingerprint density at radius 3 is 1.46 bits per heavy atom. The third kappa shape index (κ3) is 4.68. The quantitative estimate of drug-likeness (QED) is 0.669. The van der Waals surface area contributed by atoms with Gasteiger partial charge in [-0.15, -0.1) is 0 Å². The van der Waals surface area contributed by atoms with Crippen LogP contribution in [0.1, 0.15) is 34.6 Å². The van der Waals surface area contributed by atoms with Crippen LogP contribution in [0.25, 0.3) is 11.1 Å². The van der Waals surface area contributed by atoms with Gasteiger partial charge in [-0.1, -0.05) is 12.1 Å². The number of carbonyl (C=O) groups excluding carboxylic acids is 2. The molecule has 138 valence electrons. The summed E-state index contributed by atoms with van der Waals surface area (Å²) in [6, 6.07) is 10.1. The zero-order chi connectivity index (χ0) is 19.1. The molecular formula is C20H22O6. The summed E-state index contributed by atoms with van der Waals surface area (Å²) in [6.45, 7) is 2.74. The van der Waals surface area contributed by atoms with Crippen molar-refractivity contribution in [3.8, 4) is 22.6 Å². The summed E-state index contributed by atoms with van der Waals surface area (Å²) in [5, 5.41) is 18.1. The molecule has 0 spiro atoms. The van der Waals surface area contributed by atoms with E-state index in [1.165, 1.54) is 13.8 Å². The monoisotopic (exact) mass is 358 g/mol. The van der Waals surface area contributed by atoms with Crippen molar-refractivity contribution in [2.75, 3.05) is 26.4 Å². The first-order chi connectivity index (χ1) is 12.5. The van der Waals surface area contributed by atoms with Gasteiger partial charge < -0.3 is 19.7 Å². The Morgan fingerprint density at radius 1 is 0.769 bits per heavy atom. The van der Waals surface area contributed by atoms with Crippen LogP contribution in [-0.2, 0) is 0 Å². The van der Waals surface area contributed by atoms with Crippen LogP contribution in [0.5, 0.6) is 11.5 Å². The first-order valence-corrected chi connectivity index (χ1v) is 8.25. The molecule has 0 aromatic heterocycles. The fourth-order valence-corrected chi connectivity index (χ4v) is 2.48. The minimum absolute atomic E-state index is 0.0761. The second-order valence-electron chi connectivity index (χ2n) is 5.68. The van der Waals surface area contributed by atoms with Crippen LogP contribution in [-0.4, -0.2) is 48.2 Å². The van der Waals surface area contributed by atoms with Crippen LogP contribution in [0.2, 0.25) is 0 Å². The normalized spacial score (nSPS) is 10.5. The molecule has 0 saturated carbocycles. The summed E-state index contributed by atoms with van der Waals surface area (Å²) in [4.78, 5) is 23.3. The van der Waals surface area contributed by atoms with E-state index in [0.717, 1.165) is 0 Å². The number of hydrogen-bond donors (Lipinski definition) is 2. The minimum atomic E-state index is -0.166.